The Balaban J connectivity index is 2.03. The van der Waals surface area contributed by atoms with E-state index in [1.54, 1.807) is 0 Å². The molecule has 0 unspecified atom stereocenters. The molecule has 1 N–H and O–H groups in total. The smallest absolute Gasteiger partial charge is 0.142 e. The van der Waals surface area contributed by atoms with Crippen LogP contribution in [-0.4, -0.2) is 16.2 Å². The SMILES string of the molecule is CCOc1ccccc1NCc1csnn1. The molecule has 1 heterocycles. The number of rotatable bonds is 5. The van der Waals surface area contributed by atoms with E-state index in [0.717, 1.165) is 17.1 Å². The predicted octanol–water partition coefficient (Wildman–Crippen LogP) is 2.55. The highest BCUT2D eigenvalue weighted by Gasteiger charge is 2.02. The van der Waals surface area contributed by atoms with Crippen LogP contribution in [-0.2, 0) is 6.54 Å². The van der Waals surface area contributed by atoms with Crippen molar-refractivity contribution in [3.63, 3.8) is 0 Å². The van der Waals surface area contributed by atoms with E-state index in [0.29, 0.717) is 13.2 Å². The topological polar surface area (TPSA) is 47.0 Å². The zero-order valence-electron chi connectivity index (χ0n) is 9.01. The van der Waals surface area contributed by atoms with Gasteiger partial charge in [-0.25, -0.2) is 0 Å². The summed E-state index contributed by atoms with van der Waals surface area (Å²) >= 11 is 1.36. The molecule has 0 bridgehead atoms. The van der Waals surface area contributed by atoms with E-state index in [4.69, 9.17) is 4.74 Å². The maximum absolute atomic E-state index is 5.51. The van der Waals surface area contributed by atoms with Crippen LogP contribution in [0, 0.1) is 0 Å². The van der Waals surface area contributed by atoms with Gasteiger partial charge in [0.2, 0.25) is 0 Å². The van der Waals surface area contributed by atoms with Gasteiger partial charge >= 0.3 is 0 Å². The summed E-state index contributed by atoms with van der Waals surface area (Å²) in [6.07, 6.45) is 0. The summed E-state index contributed by atoms with van der Waals surface area (Å²) in [5, 5.41) is 9.18. The van der Waals surface area contributed by atoms with E-state index < -0.39 is 0 Å². The van der Waals surface area contributed by atoms with Crippen LogP contribution in [0.5, 0.6) is 5.75 Å². The summed E-state index contributed by atoms with van der Waals surface area (Å²) in [5.74, 6) is 0.869. The van der Waals surface area contributed by atoms with Crippen LogP contribution in [0.4, 0.5) is 5.69 Å². The molecule has 0 aliphatic carbocycles. The molecule has 5 heteroatoms. The summed E-state index contributed by atoms with van der Waals surface area (Å²) in [5.41, 5.74) is 1.92. The zero-order chi connectivity index (χ0) is 11.2. The molecule has 84 valence electrons. The average molecular weight is 235 g/mol. The second kappa shape index (κ2) is 5.46. The van der Waals surface area contributed by atoms with E-state index in [1.165, 1.54) is 11.5 Å². The van der Waals surface area contributed by atoms with Crippen LogP contribution in [0.1, 0.15) is 12.6 Å². The van der Waals surface area contributed by atoms with Crippen LogP contribution in [0.3, 0.4) is 0 Å². The lowest BCUT2D eigenvalue weighted by Gasteiger charge is -2.10. The maximum atomic E-state index is 5.51. The lowest BCUT2D eigenvalue weighted by atomic mass is 10.3. The third kappa shape index (κ3) is 2.70. The Morgan fingerprint density at radius 2 is 2.25 bits per heavy atom. The van der Waals surface area contributed by atoms with E-state index >= 15 is 0 Å². The third-order valence-corrected chi connectivity index (χ3v) is 2.61. The van der Waals surface area contributed by atoms with Crippen LogP contribution < -0.4 is 10.1 Å². The number of hydrogen-bond acceptors (Lipinski definition) is 5. The number of ether oxygens (including phenoxy) is 1. The van der Waals surface area contributed by atoms with Crippen LogP contribution in [0.25, 0.3) is 0 Å². The first-order valence-corrected chi connectivity index (χ1v) is 5.95. The number of hydrogen-bond donors (Lipinski definition) is 1. The molecule has 2 aromatic rings. The molecule has 0 aliphatic rings. The summed E-state index contributed by atoms with van der Waals surface area (Å²) in [4.78, 5) is 0. The fourth-order valence-electron chi connectivity index (χ4n) is 1.34. The third-order valence-electron chi connectivity index (χ3n) is 2.05. The molecule has 1 aromatic carbocycles. The van der Waals surface area contributed by atoms with Gasteiger partial charge in [0.25, 0.3) is 0 Å². The Hall–Kier alpha value is -1.62. The zero-order valence-corrected chi connectivity index (χ0v) is 9.83. The van der Waals surface area contributed by atoms with Gasteiger partial charge in [-0.2, -0.15) is 0 Å². The van der Waals surface area contributed by atoms with E-state index in [-0.39, 0.29) is 0 Å². The number of nitrogens with zero attached hydrogens (tertiary/aromatic N) is 2. The number of anilines is 1. The van der Waals surface area contributed by atoms with Gasteiger partial charge in [-0.1, -0.05) is 16.6 Å². The molecule has 0 fully saturated rings. The Labute approximate surface area is 98.4 Å². The van der Waals surface area contributed by atoms with Gasteiger partial charge < -0.3 is 10.1 Å². The molecule has 0 amide bonds. The number of para-hydroxylation sites is 2. The number of benzene rings is 1. The van der Waals surface area contributed by atoms with E-state index in [1.807, 2.05) is 36.6 Å². The summed E-state index contributed by atoms with van der Waals surface area (Å²) in [7, 11) is 0. The first-order valence-electron chi connectivity index (χ1n) is 5.11. The maximum Gasteiger partial charge on any atom is 0.142 e. The van der Waals surface area contributed by atoms with Crippen molar-refractivity contribution < 1.29 is 4.74 Å². The molecule has 0 saturated heterocycles. The summed E-state index contributed by atoms with van der Waals surface area (Å²) in [6.45, 7) is 3.30. The Bertz CT molecular complexity index is 431. The van der Waals surface area contributed by atoms with Crippen LogP contribution in [0.15, 0.2) is 29.6 Å². The number of aromatic nitrogens is 2. The largest absolute Gasteiger partial charge is 0.492 e. The lowest BCUT2D eigenvalue weighted by molar-refractivity contribution is 0.341. The van der Waals surface area contributed by atoms with Gasteiger partial charge in [0.15, 0.2) is 0 Å². The highest BCUT2D eigenvalue weighted by molar-refractivity contribution is 7.03. The first-order chi connectivity index (χ1) is 7.90. The Morgan fingerprint density at radius 3 is 3.00 bits per heavy atom. The van der Waals surface area contributed by atoms with E-state index in [2.05, 4.69) is 14.9 Å². The minimum absolute atomic E-state index is 0.664. The van der Waals surface area contributed by atoms with Crippen LogP contribution >= 0.6 is 11.5 Å². The summed E-state index contributed by atoms with van der Waals surface area (Å²) in [6, 6.07) is 7.88. The van der Waals surface area contributed by atoms with Crippen molar-refractivity contribution in [2.45, 2.75) is 13.5 Å². The Kier molecular flexibility index (Phi) is 3.71. The van der Waals surface area contributed by atoms with Gasteiger partial charge in [-0.3, -0.25) is 0 Å². The van der Waals surface area contributed by atoms with Crippen LogP contribution in [0.2, 0.25) is 0 Å². The molecule has 1 aromatic heterocycles. The molecular formula is C11H13N3OS. The second-order valence-corrected chi connectivity index (χ2v) is 3.79. The molecule has 0 spiro atoms. The van der Waals surface area contributed by atoms with Crippen molar-refractivity contribution in [2.75, 3.05) is 11.9 Å². The molecule has 0 atom stereocenters. The van der Waals surface area contributed by atoms with Crippen molar-refractivity contribution in [3.05, 3.63) is 35.3 Å². The van der Waals surface area contributed by atoms with E-state index in [9.17, 15) is 0 Å². The van der Waals surface area contributed by atoms with Gasteiger partial charge in [0, 0.05) is 5.38 Å². The first kappa shape index (κ1) is 10.9. The van der Waals surface area contributed by atoms with Gasteiger partial charge in [-0.05, 0) is 30.6 Å². The second-order valence-electron chi connectivity index (χ2n) is 3.18. The molecule has 2 rings (SSSR count). The van der Waals surface area contributed by atoms with Crippen molar-refractivity contribution in [1.29, 1.82) is 0 Å². The van der Waals surface area contributed by atoms with Crippen molar-refractivity contribution >= 4 is 17.2 Å². The quantitative estimate of drug-likeness (QED) is 0.865. The molecule has 0 aliphatic heterocycles. The minimum atomic E-state index is 0.664. The molecule has 0 saturated carbocycles. The molecule has 0 radical (unpaired) electrons. The predicted molar refractivity (Wildman–Crippen MR) is 64.8 cm³/mol. The molecular weight excluding hydrogens is 222 g/mol. The minimum Gasteiger partial charge on any atom is -0.492 e. The highest BCUT2D eigenvalue weighted by atomic mass is 32.1. The van der Waals surface area contributed by atoms with Gasteiger partial charge in [-0.15, -0.1) is 5.10 Å². The van der Waals surface area contributed by atoms with Crippen molar-refractivity contribution in [1.82, 2.24) is 9.59 Å². The lowest BCUT2D eigenvalue weighted by Crippen LogP contribution is -2.02. The Morgan fingerprint density at radius 1 is 1.38 bits per heavy atom. The standard InChI is InChI=1S/C11H13N3OS/c1-2-15-11-6-4-3-5-10(11)12-7-9-8-16-14-13-9/h3-6,8,12H,2,7H2,1H3. The normalized spacial score (nSPS) is 10.1. The molecule has 4 nitrogen and oxygen atoms in total. The van der Waals surface area contributed by atoms with Gasteiger partial charge in [0.05, 0.1) is 24.5 Å². The fraction of sp³-hybridized carbons (Fsp3) is 0.273. The monoisotopic (exact) mass is 235 g/mol. The van der Waals surface area contributed by atoms with Crippen molar-refractivity contribution in [2.24, 2.45) is 0 Å². The highest BCUT2D eigenvalue weighted by Crippen LogP contribution is 2.23. The molecule has 16 heavy (non-hydrogen) atoms. The summed E-state index contributed by atoms with van der Waals surface area (Å²) < 4.78 is 9.32. The van der Waals surface area contributed by atoms with Gasteiger partial charge in [0.1, 0.15) is 5.75 Å². The average Bonchev–Trinajstić information content (AvgIpc) is 2.81. The number of nitrogens with one attached hydrogen (secondary N) is 1. The van der Waals surface area contributed by atoms with Crippen molar-refractivity contribution in [3.8, 4) is 5.75 Å². The fourth-order valence-corrected chi connectivity index (χ4v) is 1.79.